The molecule has 25 heavy (non-hydrogen) atoms. The van der Waals surface area contributed by atoms with E-state index in [9.17, 15) is 9.59 Å². The minimum Gasteiger partial charge on any atom is -0.350 e. The van der Waals surface area contributed by atoms with Crippen LogP contribution in [0.3, 0.4) is 0 Å². The number of likely N-dealkylation sites (N-methyl/N-ethyl adjacent to an activating group) is 1. The van der Waals surface area contributed by atoms with E-state index in [1.165, 1.54) is 10.6 Å². The lowest BCUT2D eigenvalue weighted by molar-refractivity contribution is 0.0949. The van der Waals surface area contributed by atoms with Crippen LogP contribution in [0, 0.1) is 0 Å². The van der Waals surface area contributed by atoms with Crippen LogP contribution >= 0.6 is 24.0 Å². The Balaban J connectivity index is 0.00000312. The Morgan fingerprint density at radius 1 is 1.24 bits per heavy atom. The monoisotopic (exact) mass is 383 g/mol. The standard InChI is InChI=1S/C18H22ClN3O2.ClH/c1-3-20-13(2)10-21-18(24)15-8-9-17(23)22(12-15)11-14-6-4-5-7-16(14)19;/h4-9,12-13,20H,3,10-11H2,1-2H3,(H,21,24);1H/t13-;/m1./s1. The van der Waals surface area contributed by atoms with Crippen LogP contribution in [-0.4, -0.2) is 29.6 Å². The average Bonchev–Trinajstić information content (AvgIpc) is 2.57. The quantitative estimate of drug-likeness (QED) is 0.772. The van der Waals surface area contributed by atoms with Gasteiger partial charge in [0.2, 0.25) is 0 Å². The fraction of sp³-hybridized carbons (Fsp3) is 0.333. The number of pyridine rings is 1. The second-order valence-electron chi connectivity index (χ2n) is 5.64. The molecule has 0 aliphatic rings. The molecule has 1 amide bonds. The van der Waals surface area contributed by atoms with Crippen molar-refractivity contribution in [1.29, 1.82) is 0 Å². The van der Waals surface area contributed by atoms with Gasteiger partial charge in [-0.05, 0) is 31.2 Å². The summed E-state index contributed by atoms with van der Waals surface area (Å²) in [6.45, 7) is 5.72. The number of aromatic nitrogens is 1. The van der Waals surface area contributed by atoms with E-state index in [1.54, 1.807) is 18.3 Å². The normalized spacial score (nSPS) is 11.5. The molecule has 1 aromatic carbocycles. The van der Waals surface area contributed by atoms with E-state index in [2.05, 4.69) is 10.6 Å². The zero-order valence-corrected chi connectivity index (χ0v) is 15.9. The minimum absolute atomic E-state index is 0. The second kappa shape index (κ2) is 10.2. The lowest BCUT2D eigenvalue weighted by atomic mass is 10.2. The smallest absolute Gasteiger partial charge is 0.252 e. The Labute approximate surface area is 158 Å². The van der Waals surface area contributed by atoms with Crippen LogP contribution in [0.15, 0.2) is 47.4 Å². The first-order valence-corrected chi connectivity index (χ1v) is 8.34. The number of hydrogen-bond acceptors (Lipinski definition) is 3. The first kappa shape index (κ1) is 21.2. The summed E-state index contributed by atoms with van der Waals surface area (Å²) in [6.07, 6.45) is 1.57. The SMILES string of the molecule is CCN[C@H](C)CNC(=O)c1ccc(=O)n(Cc2ccccc2Cl)c1.Cl. The summed E-state index contributed by atoms with van der Waals surface area (Å²) in [4.78, 5) is 24.3. The van der Waals surface area contributed by atoms with E-state index in [0.29, 0.717) is 23.7 Å². The van der Waals surface area contributed by atoms with Crippen molar-refractivity contribution in [2.45, 2.75) is 26.4 Å². The van der Waals surface area contributed by atoms with Crippen LogP contribution < -0.4 is 16.2 Å². The molecule has 1 atom stereocenters. The van der Waals surface area contributed by atoms with E-state index in [1.807, 2.05) is 32.0 Å². The van der Waals surface area contributed by atoms with Gasteiger partial charge in [0.25, 0.3) is 11.5 Å². The van der Waals surface area contributed by atoms with Gasteiger partial charge in [0.15, 0.2) is 0 Å². The number of carbonyl (C=O) groups is 1. The summed E-state index contributed by atoms with van der Waals surface area (Å²) < 4.78 is 1.49. The molecule has 0 spiro atoms. The molecule has 5 nitrogen and oxygen atoms in total. The maximum absolute atomic E-state index is 12.3. The van der Waals surface area contributed by atoms with Gasteiger partial charge < -0.3 is 15.2 Å². The molecule has 136 valence electrons. The maximum atomic E-state index is 12.3. The maximum Gasteiger partial charge on any atom is 0.252 e. The Kier molecular flexibility index (Phi) is 8.69. The Bertz CT molecular complexity index is 762. The molecule has 0 aliphatic carbocycles. The topological polar surface area (TPSA) is 63.1 Å². The molecular formula is C18H23Cl2N3O2. The van der Waals surface area contributed by atoms with Crippen molar-refractivity contribution in [3.8, 4) is 0 Å². The van der Waals surface area contributed by atoms with E-state index < -0.39 is 0 Å². The van der Waals surface area contributed by atoms with Gasteiger partial charge in [-0.2, -0.15) is 0 Å². The largest absolute Gasteiger partial charge is 0.350 e. The van der Waals surface area contributed by atoms with E-state index >= 15 is 0 Å². The lowest BCUT2D eigenvalue weighted by Crippen LogP contribution is -2.39. The Hall–Kier alpha value is -1.82. The molecule has 2 rings (SSSR count). The van der Waals surface area contributed by atoms with Gasteiger partial charge in [-0.3, -0.25) is 9.59 Å². The molecule has 0 saturated carbocycles. The van der Waals surface area contributed by atoms with Crippen LogP contribution in [0.2, 0.25) is 5.02 Å². The summed E-state index contributed by atoms with van der Waals surface area (Å²) in [5, 5.41) is 6.69. The van der Waals surface area contributed by atoms with Crippen molar-refractivity contribution in [3.05, 3.63) is 69.1 Å². The number of nitrogens with zero attached hydrogens (tertiary/aromatic N) is 1. The first-order chi connectivity index (χ1) is 11.5. The van der Waals surface area contributed by atoms with Gasteiger partial charge in [-0.1, -0.05) is 36.7 Å². The Morgan fingerprint density at radius 2 is 1.96 bits per heavy atom. The van der Waals surface area contributed by atoms with Gasteiger partial charge in [0.1, 0.15) is 0 Å². The lowest BCUT2D eigenvalue weighted by Gasteiger charge is -2.14. The number of nitrogens with one attached hydrogen (secondary N) is 2. The number of carbonyl (C=O) groups excluding carboxylic acids is 1. The van der Waals surface area contributed by atoms with Crippen molar-refractivity contribution in [2.24, 2.45) is 0 Å². The molecule has 0 bridgehead atoms. The predicted molar refractivity (Wildman–Crippen MR) is 104 cm³/mol. The van der Waals surface area contributed by atoms with Crippen LogP contribution in [-0.2, 0) is 6.54 Å². The molecule has 0 aliphatic heterocycles. The summed E-state index contributed by atoms with van der Waals surface area (Å²) >= 11 is 6.14. The van der Waals surface area contributed by atoms with Crippen molar-refractivity contribution < 1.29 is 4.79 Å². The zero-order chi connectivity index (χ0) is 17.5. The van der Waals surface area contributed by atoms with Crippen molar-refractivity contribution in [1.82, 2.24) is 15.2 Å². The molecule has 1 heterocycles. The van der Waals surface area contributed by atoms with Crippen LogP contribution in [0.1, 0.15) is 29.8 Å². The van der Waals surface area contributed by atoms with Crippen molar-refractivity contribution in [3.63, 3.8) is 0 Å². The molecule has 0 saturated heterocycles. The third-order valence-corrected chi connectivity index (χ3v) is 4.03. The predicted octanol–water partition coefficient (Wildman–Crippen LogP) is 2.70. The van der Waals surface area contributed by atoms with Crippen LogP contribution in [0.4, 0.5) is 0 Å². The van der Waals surface area contributed by atoms with Crippen LogP contribution in [0.5, 0.6) is 0 Å². The van der Waals surface area contributed by atoms with Gasteiger partial charge in [0, 0.05) is 29.9 Å². The number of halogens is 2. The molecule has 0 fully saturated rings. The summed E-state index contributed by atoms with van der Waals surface area (Å²) in [5.74, 6) is -0.201. The van der Waals surface area contributed by atoms with Gasteiger partial charge in [0.05, 0.1) is 12.1 Å². The van der Waals surface area contributed by atoms with E-state index in [0.717, 1.165) is 12.1 Å². The summed E-state index contributed by atoms with van der Waals surface area (Å²) in [5.41, 5.74) is 1.11. The summed E-state index contributed by atoms with van der Waals surface area (Å²) in [7, 11) is 0. The van der Waals surface area contributed by atoms with Gasteiger partial charge >= 0.3 is 0 Å². The minimum atomic E-state index is -0.201. The highest BCUT2D eigenvalue weighted by Crippen LogP contribution is 2.15. The fourth-order valence-electron chi connectivity index (χ4n) is 2.37. The Morgan fingerprint density at radius 3 is 2.64 bits per heavy atom. The number of hydrogen-bond donors (Lipinski definition) is 2. The molecule has 7 heteroatoms. The third-order valence-electron chi connectivity index (χ3n) is 3.67. The number of rotatable bonds is 7. The van der Waals surface area contributed by atoms with Crippen molar-refractivity contribution >= 4 is 29.9 Å². The molecule has 2 aromatic rings. The third kappa shape index (κ3) is 6.20. The van der Waals surface area contributed by atoms with E-state index in [4.69, 9.17) is 11.6 Å². The summed E-state index contributed by atoms with van der Waals surface area (Å²) in [6, 6.07) is 10.5. The molecule has 0 radical (unpaired) electrons. The first-order valence-electron chi connectivity index (χ1n) is 7.96. The van der Waals surface area contributed by atoms with Gasteiger partial charge in [-0.25, -0.2) is 0 Å². The molecule has 2 N–H and O–H groups in total. The van der Waals surface area contributed by atoms with Crippen LogP contribution in [0.25, 0.3) is 0 Å². The fourth-order valence-corrected chi connectivity index (χ4v) is 2.56. The number of amides is 1. The van der Waals surface area contributed by atoms with Gasteiger partial charge in [-0.15, -0.1) is 12.4 Å². The number of benzene rings is 1. The molecular weight excluding hydrogens is 361 g/mol. The highest BCUT2D eigenvalue weighted by molar-refractivity contribution is 6.31. The average molecular weight is 384 g/mol. The second-order valence-corrected chi connectivity index (χ2v) is 6.05. The zero-order valence-electron chi connectivity index (χ0n) is 14.3. The molecule has 0 unspecified atom stereocenters. The highest BCUT2D eigenvalue weighted by atomic mass is 35.5. The highest BCUT2D eigenvalue weighted by Gasteiger charge is 2.10. The van der Waals surface area contributed by atoms with Crippen molar-refractivity contribution in [2.75, 3.05) is 13.1 Å². The molecule has 1 aromatic heterocycles. The van der Waals surface area contributed by atoms with E-state index in [-0.39, 0.29) is 29.9 Å².